The lowest BCUT2D eigenvalue weighted by Gasteiger charge is -2.24. The van der Waals surface area contributed by atoms with E-state index in [4.69, 9.17) is 0 Å². The first kappa shape index (κ1) is 13.8. The van der Waals surface area contributed by atoms with E-state index in [-0.39, 0.29) is 15.8 Å². The van der Waals surface area contributed by atoms with Crippen molar-refractivity contribution in [2.75, 3.05) is 0 Å². The van der Waals surface area contributed by atoms with E-state index in [2.05, 4.69) is 20.7 Å². The number of hydrogen-bond donors (Lipinski definition) is 0. The summed E-state index contributed by atoms with van der Waals surface area (Å²) < 4.78 is 55.8. The fourth-order valence-corrected chi connectivity index (χ4v) is 2.15. The monoisotopic (exact) mass is 341 g/mol. The Bertz CT molecular complexity index is 585. The van der Waals surface area contributed by atoms with Crippen LogP contribution in [0.2, 0.25) is 0 Å². The van der Waals surface area contributed by atoms with Crippen LogP contribution >= 0.6 is 15.9 Å². The fraction of sp³-hybridized carbons (Fsp3) is 0.200. The van der Waals surface area contributed by atoms with E-state index in [1.807, 2.05) is 0 Å². The summed E-state index contributed by atoms with van der Waals surface area (Å²) in [5.74, 6) is -1.03. The molecule has 0 N–H and O–H groups in total. The summed E-state index contributed by atoms with van der Waals surface area (Å²) in [5.41, 5.74) is -1.31. The molecule has 9 heteroatoms. The minimum Gasteiger partial charge on any atom is -0.468 e. The average molecular weight is 342 g/mol. The van der Waals surface area contributed by atoms with E-state index >= 15 is 0 Å². The van der Waals surface area contributed by atoms with Crippen LogP contribution in [-0.4, -0.2) is 17.2 Å². The number of fused-ring (bicyclic) bond motifs is 1. The number of alkyl halides is 3. The van der Waals surface area contributed by atoms with Gasteiger partial charge in [0.05, 0.1) is 9.40 Å². The lowest BCUT2D eigenvalue weighted by Crippen LogP contribution is -2.40. The highest BCUT2D eigenvalue weighted by Gasteiger charge is 2.52. The molecule has 0 aromatic heterocycles. The van der Waals surface area contributed by atoms with Crippen LogP contribution in [0.3, 0.4) is 0 Å². The first-order chi connectivity index (χ1) is 8.70. The van der Waals surface area contributed by atoms with Crippen LogP contribution in [0.15, 0.2) is 22.3 Å². The Kier molecular flexibility index (Phi) is 3.25. The van der Waals surface area contributed by atoms with Gasteiger partial charge in [0.2, 0.25) is 0 Å². The Hall–Kier alpha value is -1.64. The molecule has 0 bridgehead atoms. The summed E-state index contributed by atoms with van der Waals surface area (Å²) in [7, 11) is 0. The summed E-state index contributed by atoms with van der Waals surface area (Å²) >= 11 is 2.85. The molecule has 1 aliphatic rings. The largest absolute Gasteiger partial charge is 0.468 e. The maximum Gasteiger partial charge on any atom is 0.436 e. The molecule has 1 atom stereocenters. The summed E-state index contributed by atoms with van der Waals surface area (Å²) in [5, 5.41) is 10.6. The molecule has 1 unspecified atom stereocenters. The molecule has 0 spiro atoms. The third kappa shape index (κ3) is 2.55. The van der Waals surface area contributed by atoms with Crippen LogP contribution in [0, 0.1) is 15.9 Å². The van der Waals surface area contributed by atoms with Crippen molar-refractivity contribution in [3.8, 4) is 5.75 Å². The summed E-state index contributed by atoms with van der Waals surface area (Å²) in [6.07, 6.45) is -6.97. The van der Waals surface area contributed by atoms with E-state index in [9.17, 15) is 27.7 Å². The average Bonchev–Trinajstić information content (AvgIpc) is 2.25. The highest BCUT2D eigenvalue weighted by atomic mass is 79.9. The highest BCUT2D eigenvalue weighted by molar-refractivity contribution is 9.10. The van der Waals surface area contributed by atoms with Gasteiger partial charge in [0.25, 0.3) is 11.8 Å². The molecule has 1 aromatic carbocycles. The van der Waals surface area contributed by atoms with E-state index in [1.54, 1.807) is 0 Å². The van der Waals surface area contributed by atoms with Crippen LogP contribution in [-0.2, 0) is 0 Å². The predicted molar refractivity (Wildman–Crippen MR) is 59.5 cm³/mol. The van der Waals surface area contributed by atoms with Gasteiger partial charge in [-0.1, -0.05) is 0 Å². The molecular weight excluding hydrogens is 338 g/mol. The number of hydrogen-bond acceptors (Lipinski definition) is 3. The molecule has 4 nitrogen and oxygen atoms in total. The third-order valence-corrected chi connectivity index (χ3v) is 2.94. The molecule has 1 heterocycles. The van der Waals surface area contributed by atoms with Gasteiger partial charge < -0.3 is 4.74 Å². The van der Waals surface area contributed by atoms with Gasteiger partial charge in [0.1, 0.15) is 11.6 Å². The van der Waals surface area contributed by atoms with Crippen LogP contribution < -0.4 is 4.74 Å². The van der Waals surface area contributed by atoms with Crippen molar-refractivity contribution in [1.29, 1.82) is 0 Å². The second kappa shape index (κ2) is 4.48. The van der Waals surface area contributed by atoms with Crippen LogP contribution in [0.25, 0.3) is 6.08 Å². The second-order valence-corrected chi connectivity index (χ2v) is 4.53. The van der Waals surface area contributed by atoms with Crippen LogP contribution in [0.5, 0.6) is 5.75 Å². The van der Waals surface area contributed by atoms with Gasteiger partial charge >= 0.3 is 6.18 Å². The lowest BCUT2D eigenvalue weighted by atomic mass is 10.1. The SMILES string of the molecule is O=[N+]([O-])C1=Cc2cc(F)cc(Br)c2OC1C(F)(F)F. The zero-order chi connectivity index (χ0) is 14.4. The number of nitro groups is 1. The number of ether oxygens (including phenoxy) is 1. The molecule has 0 radical (unpaired) electrons. The topological polar surface area (TPSA) is 52.4 Å². The standard InChI is InChI=1S/C10H4BrF4NO3/c11-6-3-5(12)1-4-2-7(16(17)18)9(10(13,14)15)19-8(4)6/h1-3,9H. The quantitative estimate of drug-likeness (QED) is 0.446. The number of nitrogens with zero attached hydrogens (tertiary/aromatic N) is 1. The van der Waals surface area contributed by atoms with Crippen molar-refractivity contribution >= 4 is 22.0 Å². The molecule has 1 aliphatic heterocycles. The second-order valence-electron chi connectivity index (χ2n) is 3.67. The third-order valence-electron chi connectivity index (χ3n) is 2.35. The summed E-state index contributed by atoms with van der Waals surface area (Å²) in [4.78, 5) is 9.45. The van der Waals surface area contributed by atoms with Crippen LogP contribution in [0.1, 0.15) is 5.56 Å². The van der Waals surface area contributed by atoms with Crippen molar-refractivity contribution in [1.82, 2.24) is 0 Å². The van der Waals surface area contributed by atoms with Gasteiger partial charge in [0.15, 0.2) is 0 Å². The molecule has 2 rings (SSSR count). The van der Waals surface area contributed by atoms with Gasteiger partial charge in [-0.05, 0) is 28.1 Å². The molecular formula is C10H4BrF4NO3. The minimum atomic E-state index is -4.94. The van der Waals surface area contributed by atoms with E-state index in [0.717, 1.165) is 12.1 Å². The molecule has 0 fully saturated rings. The van der Waals surface area contributed by atoms with Crippen molar-refractivity contribution in [2.45, 2.75) is 12.3 Å². The van der Waals surface area contributed by atoms with Crippen molar-refractivity contribution in [2.24, 2.45) is 0 Å². The molecule has 0 aliphatic carbocycles. The Morgan fingerprint density at radius 1 is 1.37 bits per heavy atom. The Morgan fingerprint density at radius 3 is 2.53 bits per heavy atom. The van der Waals surface area contributed by atoms with Crippen LogP contribution in [0.4, 0.5) is 17.6 Å². The summed E-state index contributed by atoms with van der Waals surface area (Å²) in [6.45, 7) is 0. The van der Waals surface area contributed by atoms with Crippen molar-refractivity contribution in [3.63, 3.8) is 0 Å². The first-order valence-corrected chi connectivity index (χ1v) is 5.58. The molecule has 0 saturated heterocycles. The van der Waals surface area contributed by atoms with Crippen molar-refractivity contribution < 1.29 is 27.2 Å². The molecule has 102 valence electrons. The van der Waals surface area contributed by atoms with Gasteiger partial charge in [-0.2, -0.15) is 13.2 Å². The van der Waals surface area contributed by atoms with Gasteiger partial charge in [-0.15, -0.1) is 0 Å². The summed E-state index contributed by atoms with van der Waals surface area (Å²) in [6, 6.07) is 1.77. The maximum atomic E-state index is 13.1. The molecule has 1 aromatic rings. The zero-order valence-corrected chi connectivity index (χ0v) is 10.5. The normalized spacial score (nSPS) is 18.4. The number of benzene rings is 1. The smallest absolute Gasteiger partial charge is 0.436 e. The first-order valence-electron chi connectivity index (χ1n) is 4.78. The lowest BCUT2D eigenvalue weighted by molar-refractivity contribution is -0.443. The Labute approximate surface area is 111 Å². The Morgan fingerprint density at radius 2 is 2.00 bits per heavy atom. The molecule has 0 saturated carbocycles. The minimum absolute atomic E-state index is 0.0459. The van der Waals surface area contributed by atoms with Gasteiger partial charge in [-0.3, -0.25) is 10.1 Å². The fourth-order valence-electron chi connectivity index (χ4n) is 1.61. The zero-order valence-electron chi connectivity index (χ0n) is 8.87. The van der Waals surface area contributed by atoms with E-state index < -0.39 is 28.7 Å². The molecule has 0 amide bonds. The van der Waals surface area contributed by atoms with Crippen molar-refractivity contribution in [3.05, 3.63) is 43.8 Å². The van der Waals surface area contributed by atoms with Gasteiger partial charge in [0, 0.05) is 11.6 Å². The number of rotatable bonds is 1. The molecule has 19 heavy (non-hydrogen) atoms. The predicted octanol–water partition coefficient (Wildman–Crippen LogP) is 3.53. The Balaban J connectivity index is 2.61. The maximum absolute atomic E-state index is 13.1. The van der Waals surface area contributed by atoms with E-state index in [0.29, 0.717) is 6.08 Å². The number of halogens is 5. The highest BCUT2D eigenvalue weighted by Crippen LogP contribution is 2.41. The van der Waals surface area contributed by atoms with E-state index in [1.165, 1.54) is 0 Å². The van der Waals surface area contributed by atoms with Gasteiger partial charge in [-0.25, -0.2) is 4.39 Å².